The first-order valence-corrected chi connectivity index (χ1v) is 11.0. The molecule has 2 aromatic carbocycles. The highest BCUT2D eigenvalue weighted by Gasteiger charge is 2.22. The van der Waals surface area contributed by atoms with E-state index >= 15 is 0 Å². The first kappa shape index (κ1) is 22.3. The zero-order chi connectivity index (χ0) is 23.2. The Labute approximate surface area is 191 Å². The summed E-state index contributed by atoms with van der Waals surface area (Å²) in [5.74, 6) is -0.504. The van der Waals surface area contributed by atoms with Crippen molar-refractivity contribution in [3.63, 3.8) is 0 Å². The molecule has 0 bridgehead atoms. The molecule has 0 atom stereocenters. The SMILES string of the molecule is N#CCCN(C(=O)CCC(=O)N1CC=C(c2c[nH]c3cc(F)ccc23)CC1)c1ccccc1. The van der Waals surface area contributed by atoms with E-state index in [0.29, 0.717) is 26.1 Å². The Kier molecular flexibility index (Phi) is 6.84. The Hall–Kier alpha value is -3.92. The minimum absolute atomic E-state index is 0.0621. The fourth-order valence-corrected chi connectivity index (χ4v) is 4.18. The molecule has 1 aliphatic rings. The van der Waals surface area contributed by atoms with Crippen LogP contribution < -0.4 is 4.90 Å². The van der Waals surface area contributed by atoms with Crippen LogP contribution in [0.5, 0.6) is 0 Å². The van der Waals surface area contributed by atoms with Crippen LogP contribution in [0.4, 0.5) is 10.1 Å². The number of nitrogens with one attached hydrogen (secondary N) is 1. The van der Waals surface area contributed by atoms with Gasteiger partial charge in [-0.1, -0.05) is 24.3 Å². The van der Waals surface area contributed by atoms with Gasteiger partial charge >= 0.3 is 0 Å². The molecule has 4 rings (SSSR count). The van der Waals surface area contributed by atoms with Crippen molar-refractivity contribution in [3.05, 3.63) is 72.2 Å². The van der Waals surface area contributed by atoms with Crippen LogP contribution in [-0.4, -0.2) is 41.3 Å². The molecule has 0 fully saturated rings. The van der Waals surface area contributed by atoms with E-state index < -0.39 is 0 Å². The van der Waals surface area contributed by atoms with Crippen LogP contribution in [0.2, 0.25) is 0 Å². The molecular formula is C26H25FN4O2. The first-order chi connectivity index (χ1) is 16.1. The number of nitriles is 1. The number of carbonyl (C=O) groups is 2. The zero-order valence-corrected chi connectivity index (χ0v) is 18.3. The van der Waals surface area contributed by atoms with E-state index in [1.807, 2.05) is 42.6 Å². The van der Waals surface area contributed by atoms with Gasteiger partial charge < -0.3 is 14.8 Å². The third-order valence-corrected chi connectivity index (χ3v) is 5.92. The standard InChI is InChI=1S/C26H25FN4O2/c27-20-7-8-22-23(18-29-24(22)17-20)19-11-15-30(16-12-19)25(32)9-10-26(33)31(14-4-13-28)21-5-2-1-3-6-21/h1-3,5-8,11,17-18,29H,4,9-10,12,14-16H2. The molecule has 0 saturated carbocycles. The average Bonchev–Trinajstić information content (AvgIpc) is 3.26. The molecule has 6 nitrogen and oxygen atoms in total. The molecule has 1 N–H and O–H groups in total. The number of aromatic nitrogens is 1. The number of para-hydroxylation sites is 1. The highest BCUT2D eigenvalue weighted by atomic mass is 19.1. The lowest BCUT2D eigenvalue weighted by molar-refractivity contribution is -0.132. The number of rotatable bonds is 7. The maximum atomic E-state index is 13.4. The van der Waals surface area contributed by atoms with Gasteiger partial charge in [-0.05, 0) is 42.3 Å². The van der Waals surface area contributed by atoms with E-state index in [4.69, 9.17) is 5.26 Å². The number of carbonyl (C=O) groups excluding carboxylic acids is 2. The molecule has 1 aliphatic heterocycles. The molecule has 1 aromatic heterocycles. The van der Waals surface area contributed by atoms with E-state index in [9.17, 15) is 14.0 Å². The van der Waals surface area contributed by atoms with Crippen molar-refractivity contribution in [2.24, 2.45) is 0 Å². The van der Waals surface area contributed by atoms with E-state index in [1.165, 1.54) is 12.1 Å². The van der Waals surface area contributed by atoms with E-state index in [-0.39, 0.29) is 36.9 Å². The van der Waals surface area contributed by atoms with Gasteiger partial charge in [-0.15, -0.1) is 0 Å². The molecule has 7 heteroatoms. The van der Waals surface area contributed by atoms with Crippen molar-refractivity contribution in [2.75, 3.05) is 24.5 Å². The molecule has 0 saturated heterocycles. The number of anilines is 1. The van der Waals surface area contributed by atoms with Crippen LogP contribution >= 0.6 is 0 Å². The summed E-state index contributed by atoms with van der Waals surface area (Å²) >= 11 is 0. The predicted octanol–water partition coefficient (Wildman–Crippen LogP) is 4.65. The summed E-state index contributed by atoms with van der Waals surface area (Å²) in [5, 5.41) is 9.88. The second-order valence-electron chi connectivity index (χ2n) is 8.00. The van der Waals surface area contributed by atoms with Crippen molar-refractivity contribution in [1.82, 2.24) is 9.88 Å². The third-order valence-electron chi connectivity index (χ3n) is 5.92. The molecule has 2 amide bonds. The van der Waals surface area contributed by atoms with Crippen molar-refractivity contribution >= 4 is 34.0 Å². The van der Waals surface area contributed by atoms with Gasteiger partial charge in [0, 0.05) is 60.8 Å². The van der Waals surface area contributed by atoms with Crippen LogP contribution in [0.15, 0.2) is 60.8 Å². The topological polar surface area (TPSA) is 80.2 Å². The Balaban J connectivity index is 1.36. The lowest BCUT2D eigenvalue weighted by Gasteiger charge is -2.27. The molecule has 0 radical (unpaired) electrons. The minimum Gasteiger partial charge on any atom is -0.360 e. The summed E-state index contributed by atoms with van der Waals surface area (Å²) in [6, 6.07) is 16.0. The van der Waals surface area contributed by atoms with Crippen LogP contribution in [0, 0.1) is 17.1 Å². The Morgan fingerprint density at radius 3 is 2.70 bits per heavy atom. The molecule has 2 heterocycles. The monoisotopic (exact) mass is 444 g/mol. The summed E-state index contributed by atoms with van der Waals surface area (Å²) in [4.78, 5) is 32.0. The van der Waals surface area contributed by atoms with Gasteiger partial charge in [0.2, 0.25) is 11.8 Å². The van der Waals surface area contributed by atoms with Crippen molar-refractivity contribution in [2.45, 2.75) is 25.7 Å². The first-order valence-electron chi connectivity index (χ1n) is 11.0. The molecule has 0 aliphatic carbocycles. The predicted molar refractivity (Wildman–Crippen MR) is 126 cm³/mol. The molecule has 3 aromatic rings. The molecule has 168 valence electrons. The number of aromatic amines is 1. The molecule has 0 spiro atoms. The Morgan fingerprint density at radius 1 is 1.15 bits per heavy atom. The molecular weight excluding hydrogens is 419 g/mol. The summed E-state index contributed by atoms with van der Waals surface area (Å²) in [5.41, 5.74) is 3.64. The summed E-state index contributed by atoms with van der Waals surface area (Å²) < 4.78 is 13.4. The van der Waals surface area contributed by atoms with Gasteiger partial charge in [0.05, 0.1) is 12.5 Å². The molecule has 0 unspecified atom stereocenters. The van der Waals surface area contributed by atoms with Crippen LogP contribution in [0.3, 0.4) is 0 Å². The molecule has 33 heavy (non-hydrogen) atoms. The number of hydrogen-bond acceptors (Lipinski definition) is 3. The van der Waals surface area contributed by atoms with Crippen LogP contribution in [0.25, 0.3) is 16.5 Å². The summed E-state index contributed by atoms with van der Waals surface area (Å²) in [6.45, 7) is 1.36. The lowest BCUT2D eigenvalue weighted by atomic mass is 9.98. The maximum absolute atomic E-state index is 13.4. The van der Waals surface area contributed by atoms with Gasteiger partial charge in [0.1, 0.15) is 5.82 Å². The van der Waals surface area contributed by atoms with E-state index in [2.05, 4.69) is 11.1 Å². The zero-order valence-electron chi connectivity index (χ0n) is 18.3. The number of fused-ring (bicyclic) bond motifs is 1. The number of benzene rings is 2. The van der Waals surface area contributed by atoms with Gasteiger partial charge in [-0.3, -0.25) is 9.59 Å². The number of amides is 2. The number of hydrogen-bond donors (Lipinski definition) is 1. The van der Waals surface area contributed by atoms with Gasteiger partial charge in [0.25, 0.3) is 0 Å². The fraction of sp³-hybridized carbons (Fsp3) is 0.269. The largest absolute Gasteiger partial charge is 0.360 e. The average molecular weight is 445 g/mol. The normalized spacial score (nSPS) is 13.5. The maximum Gasteiger partial charge on any atom is 0.227 e. The Morgan fingerprint density at radius 2 is 1.97 bits per heavy atom. The second kappa shape index (κ2) is 10.1. The Bertz CT molecular complexity index is 1230. The number of H-pyrrole nitrogens is 1. The van der Waals surface area contributed by atoms with E-state index in [0.717, 1.165) is 27.7 Å². The minimum atomic E-state index is -0.279. The summed E-state index contributed by atoms with van der Waals surface area (Å²) in [7, 11) is 0. The van der Waals surface area contributed by atoms with Crippen molar-refractivity contribution in [1.29, 1.82) is 5.26 Å². The second-order valence-corrected chi connectivity index (χ2v) is 8.00. The number of nitrogens with zero attached hydrogens (tertiary/aromatic N) is 3. The quantitative estimate of drug-likeness (QED) is 0.576. The highest BCUT2D eigenvalue weighted by Crippen LogP contribution is 2.30. The fourth-order valence-electron chi connectivity index (χ4n) is 4.18. The van der Waals surface area contributed by atoms with Crippen molar-refractivity contribution in [3.8, 4) is 6.07 Å². The summed E-state index contributed by atoms with van der Waals surface area (Å²) in [6.07, 6.45) is 5.06. The lowest BCUT2D eigenvalue weighted by Crippen LogP contribution is -2.36. The highest BCUT2D eigenvalue weighted by molar-refractivity contribution is 5.96. The van der Waals surface area contributed by atoms with Gasteiger partial charge in [-0.2, -0.15) is 5.26 Å². The van der Waals surface area contributed by atoms with Gasteiger partial charge in [0.15, 0.2) is 0 Å². The van der Waals surface area contributed by atoms with Crippen LogP contribution in [-0.2, 0) is 9.59 Å². The van der Waals surface area contributed by atoms with Crippen LogP contribution in [0.1, 0.15) is 31.2 Å². The number of halogens is 1. The van der Waals surface area contributed by atoms with Gasteiger partial charge in [-0.25, -0.2) is 4.39 Å². The smallest absolute Gasteiger partial charge is 0.227 e. The van der Waals surface area contributed by atoms with E-state index in [1.54, 1.807) is 15.9 Å². The third kappa shape index (κ3) is 5.12. The van der Waals surface area contributed by atoms with Crippen molar-refractivity contribution < 1.29 is 14.0 Å².